The molecular weight excluding hydrogens is 726 g/mol. The second-order valence-corrected chi connectivity index (χ2v) is 14.4. The number of rotatable bonds is 28. The smallest absolute Gasteiger partial charge is 0.220 e. The standard InChI is InChI=1S/C42H71NO13/c1-3-5-7-9-11-12-13-14-15-16-17-18-20-22-24-26-34(47)43-30(31(46)25-23-21-19-10-8-6-4-2)29-53-41-39(52)37(50)40(33(28-45)55-41)56-42-38(51)36(49)35(48)32(27-44)54-42/h5,7-8,10-12,14-15,23,25,30-33,35-42,44-46,48-52H,3-4,6,9,13,16-22,24,26-29H2,1-2H3,(H,43,47)/b7-5-,10-8+,12-11-,15-14-,25-23+. The zero-order chi connectivity index (χ0) is 41.1. The summed E-state index contributed by atoms with van der Waals surface area (Å²) in [6.45, 7) is 2.47. The molecule has 0 saturated carbocycles. The quantitative estimate of drug-likeness (QED) is 0.0411. The van der Waals surface area contributed by atoms with Gasteiger partial charge >= 0.3 is 0 Å². The summed E-state index contributed by atoms with van der Waals surface area (Å²) in [6.07, 6.45) is 16.0. The molecule has 0 aliphatic carbocycles. The van der Waals surface area contributed by atoms with Gasteiger partial charge < -0.3 is 65.1 Å². The van der Waals surface area contributed by atoms with Crippen molar-refractivity contribution in [1.29, 1.82) is 0 Å². The van der Waals surface area contributed by atoms with Crippen LogP contribution < -0.4 is 5.32 Å². The number of unbranched alkanes of at least 4 members (excludes halogenated alkanes) is 7. The summed E-state index contributed by atoms with van der Waals surface area (Å²) in [5.74, 6) is -0.277. The summed E-state index contributed by atoms with van der Waals surface area (Å²) in [4.78, 5) is 13.0. The van der Waals surface area contributed by atoms with Crippen LogP contribution in [0.1, 0.15) is 104 Å². The lowest BCUT2D eigenvalue weighted by atomic mass is 9.97. The van der Waals surface area contributed by atoms with E-state index < -0.39 is 86.8 Å². The molecule has 12 unspecified atom stereocenters. The van der Waals surface area contributed by atoms with Crippen LogP contribution in [0.4, 0.5) is 0 Å². The average Bonchev–Trinajstić information content (AvgIpc) is 3.19. The Labute approximate surface area is 333 Å². The molecule has 0 spiro atoms. The van der Waals surface area contributed by atoms with Crippen LogP contribution in [0.3, 0.4) is 0 Å². The van der Waals surface area contributed by atoms with Gasteiger partial charge in [-0.1, -0.05) is 100 Å². The first-order valence-corrected chi connectivity index (χ1v) is 20.5. The number of hydrogen-bond acceptors (Lipinski definition) is 13. The third-order valence-corrected chi connectivity index (χ3v) is 9.67. The molecule has 2 aliphatic heterocycles. The summed E-state index contributed by atoms with van der Waals surface area (Å²) in [7, 11) is 0. The highest BCUT2D eigenvalue weighted by molar-refractivity contribution is 5.76. The van der Waals surface area contributed by atoms with Crippen LogP contribution in [0.5, 0.6) is 0 Å². The van der Waals surface area contributed by atoms with Gasteiger partial charge in [-0.3, -0.25) is 4.79 Å². The van der Waals surface area contributed by atoms with E-state index in [0.29, 0.717) is 12.8 Å². The first-order chi connectivity index (χ1) is 27.1. The number of aliphatic hydroxyl groups is 8. The summed E-state index contributed by atoms with van der Waals surface area (Å²) < 4.78 is 22.5. The molecular formula is C42H71NO13. The number of aliphatic hydroxyl groups excluding tert-OH is 8. The number of carbonyl (C=O) groups excluding carboxylic acids is 1. The van der Waals surface area contributed by atoms with Gasteiger partial charge in [0.15, 0.2) is 12.6 Å². The van der Waals surface area contributed by atoms with Gasteiger partial charge in [0.1, 0.15) is 48.8 Å². The minimum absolute atomic E-state index is 0.250. The second kappa shape index (κ2) is 29.8. The molecule has 2 aliphatic rings. The van der Waals surface area contributed by atoms with Gasteiger partial charge in [-0.05, 0) is 57.8 Å². The zero-order valence-electron chi connectivity index (χ0n) is 33.3. The summed E-state index contributed by atoms with van der Waals surface area (Å²) in [5, 5.41) is 85.9. The fourth-order valence-corrected chi connectivity index (χ4v) is 6.27. The first-order valence-electron chi connectivity index (χ1n) is 20.5. The highest BCUT2D eigenvalue weighted by atomic mass is 16.7. The van der Waals surface area contributed by atoms with Crippen molar-refractivity contribution in [3.63, 3.8) is 0 Å². The van der Waals surface area contributed by atoms with Crippen molar-refractivity contribution in [2.75, 3.05) is 19.8 Å². The summed E-state index contributed by atoms with van der Waals surface area (Å²) in [5.41, 5.74) is 0. The molecule has 14 nitrogen and oxygen atoms in total. The van der Waals surface area contributed by atoms with Crippen molar-refractivity contribution >= 4 is 5.91 Å². The lowest BCUT2D eigenvalue weighted by molar-refractivity contribution is -0.359. The monoisotopic (exact) mass is 797 g/mol. The maximum atomic E-state index is 13.0. The molecule has 1 amide bonds. The molecule has 56 heavy (non-hydrogen) atoms. The molecule has 2 fully saturated rings. The Balaban J connectivity index is 1.91. The van der Waals surface area contributed by atoms with Gasteiger partial charge in [0.25, 0.3) is 0 Å². The summed E-state index contributed by atoms with van der Waals surface area (Å²) >= 11 is 0. The van der Waals surface area contributed by atoms with Crippen LogP contribution in [0.25, 0.3) is 0 Å². The van der Waals surface area contributed by atoms with Gasteiger partial charge in [0.2, 0.25) is 5.91 Å². The highest BCUT2D eigenvalue weighted by Gasteiger charge is 2.50. The predicted octanol–water partition coefficient (Wildman–Crippen LogP) is 2.76. The Bertz CT molecular complexity index is 1180. The molecule has 0 aromatic heterocycles. The second-order valence-electron chi connectivity index (χ2n) is 14.4. The lowest BCUT2D eigenvalue weighted by Crippen LogP contribution is -2.65. The molecule has 0 radical (unpaired) electrons. The molecule has 0 aromatic rings. The van der Waals surface area contributed by atoms with E-state index in [1.807, 2.05) is 6.08 Å². The van der Waals surface area contributed by atoms with Crippen molar-refractivity contribution in [2.45, 2.75) is 177 Å². The van der Waals surface area contributed by atoms with Gasteiger partial charge in [-0.2, -0.15) is 0 Å². The molecule has 2 saturated heterocycles. The van der Waals surface area contributed by atoms with Crippen molar-refractivity contribution in [2.24, 2.45) is 0 Å². The maximum absolute atomic E-state index is 13.0. The van der Waals surface area contributed by atoms with E-state index in [-0.39, 0.29) is 18.9 Å². The topological polar surface area (TPSA) is 228 Å². The van der Waals surface area contributed by atoms with Crippen molar-refractivity contribution in [1.82, 2.24) is 5.32 Å². The van der Waals surface area contributed by atoms with Crippen molar-refractivity contribution in [3.8, 4) is 0 Å². The predicted molar refractivity (Wildman–Crippen MR) is 212 cm³/mol. The number of ether oxygens (including phenoxy) is 4. The molecule has 9 N–H and O–H groups in total. The average molecular weight is 798 g/mol. The van der Waals surface area contributed by atoms with E-state index in [0.717, 1.165) is 70.6 Å². The van der Waals surface area contributed by atoms with Gasteiger partial charge in [0, 0.05) is 6.42 Å². The molecule has 2 rings (SSSR count). The van der Waals surface area contributed by atoms with Crippen LogP contribution in [-0.2, 0) is 23.7 Å². The third-order valence-electron chi connectivity index (χ3n) is 9.67. The van der Waals surface area contributed by atoms with Crippen molar-refractivity contribution < 1.29 is 64.6 Å². The number of allylic oxidation sites excluding steroid dienone is 9. The SMILES string of the molecule is CC/C=C\C/C=C\C/C=C\CCCCCCCC(=O)NC(COC1OC(CO)C(OC2OC(CO)C(O)C(O)C2O)C(O)C1O)C(O)/C=C/CC/C=C/CCC. The Morgan fingerprint density at radius 3 is 1.95 bits per heavy atom. The first kappa shape index (κ1) is 49.8. The number of amides is 1. The van der Waals surface area contributed by atoms with Gasteiger partial charge in [-0.15, -0.1) is 0 Å². The molecule has 322 valence electrons. The van der Waals surface area contributed by atoms with E-state index in [9.17, 15) is 45.6 Å². The number of nitrogens with one attached hydrogen (secondary N) is 1. The largest absolute Gasteiger partial charge is 0.394 e. The normalized spacial score (nSPS) is 30.0. The minimum atomic E-state index is -1.79. The van der Waals surface area contributed by atoms with E-state index in [1.165, 1.54) is 0 Å². The zero-order valence-corrected chi connectivity index (χ0v) is 33.3. The van der Waals surface area contributed by atoms with Crippen LogP contribution in [0.2, 0.25) is 0 Å². The molecule has 14 heteroatoms. The lowest BCUT2D eigenvalue weighted by Gasteiger charge is -2.46. The maximum Gasteiger partial charge on any atom is 0.220 e. The molecule has 0 bridgehead atoms. The number of carbonyl (C=O) groups is 1. The molecule has 12 atom stereocenters. The Morgan fingerprint density at radius 2 is 1.25 bits per heavy atom. The number of hydrogen-bond donors (Lipinski definition) is 9. The Hall–Kier alpha value is -2.31. The third kappa shape index (κ3) is 18.5. The van der Waals surface area contributed by atoms with Crippen LogP contribution in [-0.4, -0.2) is 140 Å². The molecule has 0 aromatic carbocycles. The highest BCUT2D eigenvalue weighted by Crippen LogP contribution is 2.29. The van der Waals surface area contributed by atoms with E-state index >= 15 is 0 Å². The fourth-order valence-electron chi connectivity index (χ4n) is 6.27. The van der Waals surface area contributed by atoms with Crippen LogP contribution >= 0.6 is 0 Å². The Kier molecular flexibility index (Phi) is 26.6. The van der Waals surface area contributed by atoms with E-state index in [1.54, 1.807) is 6.08 Å². The Morgan fingerprint density at radius 1 is 0.661 bits per heavy atom. The van der Waals surface area contributed by atoms with Gasteiger partial charge in [-0.25, -0.2) is 0 Å². The fraction of sp³-hybridized carbons (Fsp3) is 0.738. The summed E-state index contributed by atoms with van der Waals surface area (Å²) in [6, 6.07) is -0.938. The molecule has 2 heterocycles. The van der Waals surface area contributed by atoms with Crippen molar-refractivity contribution in [3.05, 3.63) is 60.8 Å². The minimum Gasteiger partial charge on any atom is -0.394 e. The van der Waals surface area contributed by atoms with Crippen LogP contribution in [0.15, 0.2) is 60.8 Å². The van der Waals surface area contributed by atoms with E-state index in [4.69, 9.17) is 18.9 Å². The van der Waals surface area contributed by atoms with E-state index in [2.05, 4.69) is 67.8 Å². The van der Waals surface area contributed by atoms with Crippen LogP contribution in [0, 0.1) is 0 Å². The van der Waals surface area contributed by atoms with Gasteiger partial charge in [0.05, 0.1) is 32.0 Å².